The Morgan fingerprint density at radius 1 is 1.02 bits per heavy atom. The van der Waals surface area contributed by atoms with E-state index < -0.39 is 21.9 Å². The van der Waals surface area contributed by atoms with Crippen LogP contribution in [0.25, 0.3) is 11.1 Å². The van der Waals surface area contributed by atoms with E-state index >= 15 is 0 Å². The Labute approximate surface area is 232 Å². The molecule has 1 saturated heterocycles. The lowest BCUT2D eigenvalue weighted by Crippen LogP contribution is -2.45. The highest BCUT2D eigenvalue weighted by atomic mass is 32.2. The van der Waals surface area contributed by atoms with Gasteiger partial charge in [-0.1, -0.05) is 30.3 Å². The number of piperidine rings is 1. The molecular weight excluding hydrogens is 545 g/mol. The summed E-state index contributed by atoms with van der Waals surface area (Å²) in [5.74, 6) is 0.287. The molecule has 1 aliphatic heterocycles. The van der Waals surface area contributed by atoms with Crippen molar-refractivity contribution in [1.29, 1.82) is 0 Å². The molecule has 0 spiro atoms. The lowest BCUT2D eigenvalue weighted by atomic mass is 9.99. The summed E-state index contributed by atoms with van der Waals surface area (Å²) in [6.45, 7) is 3.93. The van der Waals surface area contributed by atoms with Gasteiger partial charge >= 0.3 is 16.3 Å². The van der Waals surface area contributed by atoms with E-state index in [1.807, 2.05) is 13.0 Å². The Morgan fingerprint density at radius 2 is 1.73 bits per heavy atom. The van der Waals surface area contributed by atoms with Gasteiger partial charge in [-0.05, 0) is 80.4 Å². The Morgan fingerprint density at radius 3 is 2.35 bits per heavy atom. The first-order chi connectivity index (χ1) is 18.9. The fourth-order valence-electron chi connectivity index (χ4n) is 4.72. The molecule has 1 N–H and O–H groups in total. The van der Waals surface area contributed by atoms with Crippen LogP contribution in [-0.4, -0.2) is 51.2 Å². The second kappa shape index (κ2) is 12.3. The lowest BCUT2D eigenvalue weighted by Gasteiger charge is -2.35. The summed E-state index contributed by atoms with van der Waals surface area (Å²) in [5, 5.41) is 3.30. The maximum Gasteiger partial charge on any atom is 0.416 e. The van der Waals surface area contributed by atoms with Gasteiger partial charge in [-0.2, -0.15) is 21.6 Å². The van der Waals surface area contributed by atoms with Crippen molar-refractivity contribution in [3.05, 3.63) is 83.4 Å². The van der Waals surface area contributed by atoms with Crippen LogP contribution < -0.4 is 14.2 Å². The monoisotopic (exact) mass is 576 g/mol. The number of hydrogen-bond acceptors (Lipinski definition) is 6. The summed E-state index contributed by atoms with van der Waals surface area (Å²) in [4.78, 5) is 15.5. The van der Waals surface area contributed by atoms with E-state index in [2.05, 4.69) is 5.32 Å². The molecule has 7 nitrogen and oxygen atoms in total. The van der Waals surface area contributed by atoms with Crippen LogP contribution in [0.5, 0.6) is 11.5 Å². The molecule has 11 heteroatoms. The van der Waals surface area contributed by atoms with Crippen molar-refractivity contribution in [2.45, 2.75) is 38.5 Å². The zero-order valence-electron chi connectivity index (χ0n) is 22.2. The van der Waals surface area contributed by atoms with Crippen molar-refractivity contribution in [1.82, 2.24) is 10.2 Å². The van der Waals surface area contributed by atoms with Gasteiger partial charge in [0.15, 0.2) is 0 Å². The second-order valence-corrected chi connectivity index (χ2v) is 11.1. The van der Waals surface area contributed by atoms with Gasteiger partial charge in [0.25, 0.3) is 5.91 Å². The van der Waals surface area contributed by atoms with Crippen molar-refractivity contribution in [2.24, 2.45) is 0 Å². The molecule has 1 heterocycles. The Balaban J connectivity index is 1.65. The average molecular weight is 577 g/mol. The van der Waals surface area contributed by atoms with Gasteiger partial charge in [-0.25, -0.2) is 0 Å². The fraction of sp³-hybridized carbons (Fsp3) is 0.345. The number of halogens is 3. The number of alkyl halides is 3. The second-order valence-electron chi connectivity index (χ2n) is 9.57. The molecule has 1 aliphatic rings. The molecule has 4 rings (SSSR count). The van der Waals surface area contributed by atoms with Gasteiger partial charge < -0.3 is 19.1 Å². The maximum atomic E-state index is 13.8. The highest BCUT2D eigenvalue weighted by molar-refractivity contribution is 7.86. The number of amides is 1. The number of ether oxygens (including phenoxy) is 1. The third kappa shape index (κ3) is 7.54. The average Bonchev–Trinajstić information content (AvgIpc) is 2.91. The van der Waals surface area contributed by atoms with E-state index in [9.17, 15) is 26.4 Å². The SMILES string of the molecule is CCOc1cc(CN(C(=O)c2cccc(OS(C)(=O)=O)c2)C2CCNCC2)ccc1-c1ccc(C(F)(F)F)cc1. The molecule has 3 aromatic carbocycles. The molecule has 0 aliphatic carbocycles. The van der Waals surface area contributed by atoms with Crippen molar-refractivity contribution in [2.75, 3.05) is 26.0 Å². The van der Waals surface area contributed by atoms with E-state index in [-0.39, 0.29) is 24.2 Å². The van der Waals surface area contributed by atoms with Crippen LogP contribution in [0.3, 0.4) is 0 Å². The first kappa shape index (κ1) is 29.4. The third-order valence-electron chi connectivity index (χ3n) is 6.56. The summed E-state index contributed by atoms with van der Waals surface area (Å²) < 4.78 is 73.1. The Hall–Kier alpha value is -3.57. The molecule has 0 saturated carbocycles. The zero-order valence-corrected chi connectivity index (χ0v) is 23.0. The smallest absolute Gasteiger partial charge is 0.416 e. The lowest BCUT2D eigenvalue weighted by molar-refractivity contribution is -0.137. The number of carbonyl (C=O) groups is 1. The summed E-state index contributed by atoms with van der Waals surface area (Å²) in [6, 6.07) is 16.3. The summed E-state index contributed by atoms with van der Waals surface area (Å²) in [7, 11) is -3.76. The van der Waals surface area contributed by atoms with Crippen molar-refractivity contribution in [3.8, 4) is 22.6 Å². The van der Waals surface area contributed by atoms with Gasteiger partial charge in [-0.15, -0.1) is 0 Å². The molecule has 214 valence electrons. The first-order valence-corrected chi connectivity index (χ1v) is 14.7. The summed E-state index contributed by atoms with van der Waals surface area (Å²) >= 11 is 0. The molecule has 40 heavy (non-hydrogen) atoms. The van der Waals surface area contributed by atoms with Crippen LogP contribution in [-0.2, 0) is 22.8 Å². The Bertz CT molecular complexity index is 1440. The number of nitrogens with one attached hydrogen (secondary N) is 1. The van der Waals surface area contributed by atoms with E-state index in [0.29, 0.717) is 29.0 Å². The van der Waals surface area contributed by atoms with Crippen molar-refractivity contribution >= 4 is 16.0 Å². The van der Waals surface area contributed by atoms with Crippen LogP contribution in [0.4, 0.5) is 13.2 Å². The van der Waals surface area contributed by atoms with Crippen LogP contribution >= 0.6 is 0 Å². The summed E-state index contributed by atoms with van der Waals surface area (Å²) in [5.41, 5.74) is 1.58. The van der Waals surface area contributed by atoms with Gasteiger partial charge in [0.1, 0.15) is 11.5 Å². The number of carbonyl (C=O) groups excluding carboxylic acids is 1. The van der Waals surface area contributed by atoms with Gasteiger partial charge in [-0.3, -0.25) is 4.79 Å². The van der Waals surface area contributed by atoms with E-state index in [1.54, 1.807) is 29.2 Å². The summed E-state index contributed by atoms with van der Waals surface area (Å²) in [6.07, 6.45) is -2.00. The standard InChI is InChI=1S/C29H31F3N2O5S/c1-3-38-27-17-20(7-12-26(27)21-8-10-23(11-9-21)29(30,31)32)19-34(24-13-15-33-16-14-24)28(35)22-5-4-6-25(18-22)39-40(2,36)37/h4-12,17-18,24,33H,3,13-16,19H2,1-2H3. The predicted molar refractivity (Wildman–Crippen MR) is 146 cm³/mol. The van der Waals surface area contributed by atoms with Gasteiger partial charge in [0, 0.05) is 23.7 Å². The van der Waals surface area contributed by atoms with Crippen LogP contribution in [0.1, 0.15) is 41.3 Å². The quantitative estimate of drug-likeness (QED) is 0.339. The molecular formula is C29H31F3N2O5S. The van der Waals surface area contributed by atoms with Crippen LogP contribution in [0, 0.1) is 0 Å². The zero-order chi connectivity index (χ0) is 28.9. The first-order valence-electron chi connectivity index (χ1n) is 12.9. The fourth-order valence-corrected chi connectivity index (χ4v) is 5.17. The van der Waals surface area contributed by atoms with Crippen LogP contribution in [0.15, 0.2) is 66.7 Å². The number of benzene rings is 3. The molecule has 1 amide bonds. The van der Waals surface area contributed by atoms with Crippen LogP contribution in [0.2, 0.25) is 0 Å². The normalized spacial score (nSPS) is 14.5. The van der Waals surface area contributed by atoms with Crippen molar-refractivity contribution in [3.63, 3.8) is 0 Å². The topological polar surface area (TPSA) is 84.9 Å². The van der Waals surface area contributed by atoms with E-state index in [1.165, 1.54) is 24.3 Å². The highest BCUT2D eigenvalue weighted by Crippen LogP contribution is 2.35. The number of hydrogen-bond donors (Lipinski definition) is 1. The molecule has 0 bridgehead atoms. The predicted octanol–water partition coefficient (Wildman–Crippen LogP) is 5.50. The largest absolute Gasteiger partial charge is 0.493 e. The van der Waals surface area contributed by atoms with E-state index in [4.69, 9.17) is 8.92 Å². The van der Waals surface area contributed by atoms with Crippen molar-refractivity contribution < 1.29 is 35.3 Å². The number of rotatable bonds is 9. The third-order valence-corrected chi connectivity index (χ3v) is 7.06. The molecule has 0 unspecified atom stereocenters. The van der Waals surface area contributed by atoms with Gasteiger partial charge in [0.2, 0.25) is 0 Å². The minimum atomic E-state index is -4.42. The minimum absolute atomic E-state index is 0.0538. The number of nitrogens with zero attached hydrogens (tertiary/aromatic N) is 1. The minimum Gasteiger partial charge on any atom is -0.493 e. The molecule has 0 atom stereocenters. The van der Waals surface area contributed by atoms with E-state index in [0.717, 1.165) is 49.9 Å². The molecule has 3 aromatic rings. The van der Waals surface area contributed by atoms with Gasteiger partial charge in [0.05, 0.1) is 18.4 Å². The molecule has 1 fully saturated rings. The maximum absolute atomic E-state index is 13.8. The Kier molecular flexibility index (Phi) is 9.05. The highest BCUT2D eigenvalue weighted by Gasteiger charge is 2.30. The molecule has 0 aromatic heterocycles. The molecule has 0 radical (unpaired) electrons.